The molecule has 2 heteroatoms. The number of fused-ring (bicyclic) bond motifs is 5. The topological polar surface area (TPSA) is 25.8 Å². The molecule has 0 saturated carbocycles. The molecule has 10 aromatic rings. The number of nitrogens with zero attached hydrogens (tertiary/aromatic N) is 2. The third-order valence-electron chi connectivity index (χ3n) is 11.8. The normalized spacial score (nSPS) is 12.7. The highest BCUT2D eigenvalue weighted by Gasteiger charge is 2.46. The predicted octanol–water partition coefficient (Wildman–Crippen LogP) is 13.8. The number of hydrogen-bond acceptors (Lipinski definition) is 2. The summed E-state index contributed by atoms with van der Waals surface area (Å²) in [5, 5.41) is 4.68. The van der Waals surface area contributed by atoms with E-state index in [0.717, 1.165) is 33.5 Å². The Balaban J connectivity index is 1.14. The molecule has 1 aliphatic rings. The van der Waals surface area contributed by atoms with E-state index in [2.05, 4.69) is 212 Å². The predicted molar refractivity (Wildman–Crippen MR) is 236 cm³/mol. The second-order valence-electron chi connectivity index (χ2n) is 14.9. The monoisotopic (exact) mass is 724 g/mol. The fourth-order valence-corrected chi connectivity index (χ4v) is 9.27. The van der Waals surface area contributed by atoms with Crippen LogP contribution in [-0.2, 0) is 5.41 Å². The molecule has 57 heavy (non-hydrogen) atoms. The molecule has 0 unspecified atom stereocenters. The highest BCUT2D eigenvalue weighted by molar-refractivity contribution is 6.08. The molecule has 0 N–H and O–H groups in total. The maximum Gasteiger partial charge on any atom is 0.161 e. The van der Waals surface area contributed by atoms with E-state index in [4.69, 9.17) is 9.97 Å². The lowest BCUT2D eigenvalue weighted by Crippen LogP contribution is -2.28. The number of benzene rings is 9. The smallest absolute Gasteiger partial charge is 0.161 e. The summed E-state index contributed by atoms with van der Waals surface area (Å²) in [4.78, 5) is 10.6. The Bertz CT molecular complexity index is 3070. The van der Waals surface area contributed by atoms with Crippen LogP contribution in [0.3, 0.4) is 0 Å². The third kappa shape index (κ3) is 5.26. The quantitative estimate of drug-likeness (QED) is 0.171. The van der Waals surface area contributed by atoms with Crippen LogP contribution in [-0.4, -0.2) is 9.97 Å². The van der Waals surface area contributed by atoms with Gasteiger partial charge in [-0.05, 0) is 84.3 Å². The van der Waals surface area contributed by atoms with Crippen LogP contribution >= 0.6 is 0 Å². The van der Waals surface area contributed by atoms with E-state index in [1.165, 1.54) is 60.7 Å². The minimum atomic E-state index is -0.467. The number of aromatic nitrogens is 2. The van der Waals surface area contributed by atoms with Gasteiger partial charge in [0, 0.05) is 16.7 Å². The molecular weight excluding hydrogens is 689 g/mol. The van der Waals surface area contributed by atoms with Crippen molar-refractivity contribution in [2.75, 3.05) is 0 Å². The van der Waals surface area contributed by atoms with Crippen molar-refractivity contribution in [2.45, 2.75) is 5.41 Å². The zero-order chi connectivity index (χ0) is 37.8. The van der Waals surface area contributed by atoms with Crippen LogP contribution in [0.1, 0.15) is 22.3 Å². The first-order valence-corrected chi connectivity index (χ1v) is 19.6. The van der Waals surface area contributed by atoms with Gasteiger partial charge in [-0.25, -0.2) is 9.97 Å². The third-order valence-corrected chi connectivity index (χ3v) is 11.8. The average Bonchev–Trinajstić information content (AvgIpc) is 3.60. The van der Waals surface area contributed by atoms with Gasteiger partial charge in [-0.3, -0.25) is 0 Å². The number of hydrogen-bond donors (Lipinski definition) is 0. The molecule has 0 amide bonds. The van der Waals surface area contributed by atoms with Gasteiger partial charge in [0.05, 0.1) is 16.8 Å². The van der Waals surface area contributed by atoms with Gasteiger partial charge in [0.15, 0.2) is 5.82 Å². The highest BCUT2D eigenvalue weighted by Crippen LogP contribution is 2.58. The van der Waals surface area contributed by atoms with Crippen LogP contribution in [0.25, 0.3) is 77.7 Å². The Morgan fingerprint density at radius 2 is 0.860 bits per heavy atom. The van der Waals surface area contributed by atoms with Gasteiger partial charge in [0.25, 0.3) is 0 Å². The first-order valence-electron chi connectivity index (χ1n) is 19.6. The summed E-state index contributed by atoms with van der Waals surface area (Å²) in [6.45, 7) is 0. The Morgan fingerprint density at radius 1 is 0.316 bits per heavy atom. The van der Waals surface area contributed by atoms with Crippen molar-refractivity contribution in [3.63, 3.8) is 0 Å². The molecule has 1 aliphatic carbocycles. The number of rotatable bonds is 6. The first-order chi connectivity index (χ1) is 28.3. The lowest BCUT2D eigenvalue weighted by Gasteiger charge is -2.34. The van der Waals surface area contributed by atoms with E-state index in [-0.39, 0.29) is 0 Å². The van der Waals surface area contributed by atoms with E-state index in [0.29, 0.717) is 5.82 Å². The summed E-state index contributed by atoms with van der Waals surface area (Å²) in [6.07, 6.45) is 0. The molecule has 0 aliphatic heterocycles. The Kier molecular flexibility index (Phi) is 7.75. The molecule has 0 saturated heterocycles. The maximum atomic E-state index is 5.32. The molecule has 0 bridgehead atoms. The lowest BCUT2D eigenvalue weighted by atomic mass is 9.67. The summed E-state index contributed by atoms with van der Waals surface area (Å²) >= 11 is 0. The van der Waals surface area contributed by atoms with Crippen molar-refractivity contribution in [2.24, 2.45) is 0 Å². The zero-order valence-electron chi connectivity index (χ0n) is 31.2. The lowest BCUT2D eigenvalue weighted by molar-refractivity contribution is 0.768. The van der Waals surface area contributed by atoms with Gasteiger partial charge in [-0.2, -0.15) is 0 Å². The Morgan fingerprint density at radius 3 is 1.60 bits per heavy atom. The van der Waals surface area contributed by atoms with E-state index in [1.54, 1.807) is 0 Å². The molecule has 266 valence electrons. The van der Waals surface area contributed by atoms with Crippen molar-refractivity contribution in [3.8, 4) is 56.2 Å². The molecule has 1 heterocycles. The molecule has 11 rings (SSSR count). The molecule has 0 radical (unpaired) electrons. The van der Waals surface area contributed by atoms with Crippen molar-refractivity contribution < 1.29 is 0 Å². The van der Waals surface area contributed by atoms with Crippen LogP contribution in [0, 0.1) is 0 Å². The summed E-state index contributed by atoms with van der Waals surface area (Å²) in [5.41, 5.74) is 14.5. The van der Waals surface area contributed by atoms with Crippen molar-refractivity contribution >= 4 is 21.5 Å². The zero-order valence-corrected chi connectivity index (χ0v) is 31.2. The van der Waals surface area contributed by atoms with Gasteiger partial charge in [-0.1, -0.05) is 200 Å². The largest absolute Gasteiger partial charge is 0.228 e. The van der Waals surface area contributed by atoms with E-state index in [1.807, 2.05) is 6.07 Å². The highest BCUT2D eigenvalue weighted by atomic mass is 14.9. The van der Waals surface area contributed by atoms with Gasteiger partial charge in [0.2, 0.25) is 0 Å². The molecule has 0 fully saturated rings. The fraction of sp³-hybridized carbons (Fsp3) is 0.0182. The van der Waals surface area contributed by atoms with Crippen molar-refractivity contribution in [1.29, 1.82) is 0 Å². The second-order valence-corrected chi connectivity index (χ2v) is 14.9. The maximum absolute atomic E-state index is 5.32. The summed E-state index contributed by atoms with van der Waals surface area (Å²) in [6, 6.07) is 78.7. The fourth-order valence-electron chi connectivity index (χ4n) is 9.27. The van der Waals surface area contributed by atoms with E-state index >= 15 is 0 Å². The molecule has 2 nitrogen and oxygen atoms in total. The molecule has 9 aromatic carbocycles. The molecule has 0 spiro atoms. The minimum absolute atomic E-state index is 0.467. The van der Waals surface area contributed by atoms with Crippen LogP contribution < -0.4 is 0 Å². The summed E-state index contributed by atoms with van der Waals surface area (Å²) < 4.78 is 0. The van der Waals surface area contributed by atoms with Crippen molar-refractivity contribution in [1.82, 2.24) is 9.97 Å². The van der Waals surface area contributed by atoms with Crippen LogP contribution in [0.2, 0.25) is 0 Å². The minimum Gasteiger partial charge on any atom is -0.228 e. The van der Waals surface area contributed by atoms with E-state index in [9.17, 15) is 0 Å². The standard InChI is InChI=1S/C55H36N2/c1-4-18-38(19-5-1)51-36-52(40-32-31-37-17-10-11-20-39(37)35-40)57-54(56-51)47-34-33-45(43-25-12-13-26-44(43)47)46-28-16-30-50-53(46)48-27-14-15-29-49(48)55(50,41-21-6-2-7-22-41)42-23-8-3-9-24-42/h1-36H. The van der Waals surface area contributed by atoms with Gasteiger partial charge >= 0.3 is 0 Å². The van der Waals surface area contributed by atoms with Crippen LogP contribution in [0.4, 0.5) is 0 Å². The van der Waals surface area contributed by atoms with Gasteiger partial charge < -0.3 is 0 Å². The first kappa shape index (κ1) is 33.0. The van der Waals surface area contributed by atoms with E-state index < -0.39 is 5.41 Å². The molecular formula is C55H36N2. The van der Waals surface area contributed by atoms with Crippen LogP contribution in [0.15, 0.2) is 218 Å². The van der Waals surface area contributed by atoms with Gasteiger partial charge in [0.1, 0.15) is 0 Å². The second kappa shape index (κ2) is 13.4. The summed E-state index contributed by atoms with van der Waals surface area (Å²) in [7, 11) is 0. The van der Waals surface area contributed by atoms with Gasteiger partial charge in [-0.15, -0.1) is 0 Å². The molecule has 1 aromatic heterocycles. The summed E-state index contributed by atoms with van der Waals surface area (Å²) in [5.74, 6) is 0.707. The van der Waals surface area contributed by atoms with Crippen molar-refractivity contribution in [3.05, 3.63) is 241 Å². The average molecular weight is 725 g/mol. The Labute approximate surface area is 332 Å². The Hall–Kier alpha value is -7.42. The SMILES string of the molecule is c1ccc(-c2cc(-c3ccc4ccccc4c3)nc(-c3ccc(-c4cccc5c4-c4ccccc4C5(c4ccccc4)c4ccccc4)c4ccccc34)n2)cc1. The van der Waals surface area contributed by atoms with Crippen LogP contribution in [0.5, 0.6) is 0 Å². The molecule has 0 atom stereocenters.